The molecule has 0 amide bonds. The fourth-order valence-electron chi connectivity index (χ4n) is 11.5. The zero-order valence-corrected chi connectivity index (χ0v) is 48.6. The van der Waals surface area contributed by atoms with Gasteiger partial charge in [0.1, 0.15) is 42.7 Å². The van der Waals surface area contributed by atoms with Crippen LogP contribution in [0.1, 0.15) is 133 Å². The number of hydrogen-bond donors (Lipinski definition) is 0. The Morgan fingerprint density at radius 3 is 2.03 bits per heavy atom. The van der Waals surface area contributed by atoms with Crippen molar-refractivity contribution >= 4 is 35.8 Å². The average Bonchev–Trinajstić information content (AvgIpc) is 3.35. The molecule has 3 heterocycles. The minimum absolute atomic E-state index is 0.0148. The SMILES string of the molecule is CCC(=O)O[C@@H]1CC(=O)O[C@H](C)CCN(CCCCc2ccccc2)C[C@H](OC(C)=O)[C@H](C)C[C@H](CC(OC)OC)[C@H]([C@@H]2O[C@H](C)[C@@H](O[C@H]3C[C@@](C)(OC(C)=O)[C@@H](OC(=O)CC)[C@H](C)O3)[C@H](N(C)C)[C@H]2OC(C)=O)[C@@H]1OC. The van der Waals surface area contributed by atoms with Gasteiger partial charge < -0.3 is 61.7 Å². The monoisotopic (exact) mass is 1090 g/mol. The zero-order chi connectivity index (χ0) is 57.1. The van der Waals surface area contributed by atoms with E-state index in [0.717, 1.165) is 19.3 Å². The lowest BCUT2D eigenvalue weighted by Gasteiger charge is -2.54. The van der Waals surface area contributed by atoms with Gasteiger partial charge in [-0.3, -0.25) is 33.7 Å². The van der Waals surface area contributed by atoms with E-state index in [1.54, 1.807) is 27.7 Å². The van der Waals surface area contributed by atoms with E-state index in [1.165, 1.54) is 47.7 Å². The van der Waals surface area contributed by atoms with Crippen molar-refractivity contribution in [2.75, 3.05) is 55.1 Å². The lowest BCUT2D eigenvalue weighted by atomic mass is 9.70. The summed E-state index contributed by atoms with van der Waals surface area (Å²) in [6.07, 6.45) is -7.81. The Labute approximate surface area is 457 Å². The predicted molar refractivity (Wildman–Crippen MR) is 282 cm³/mol. The number of hydrogen-bond acceptors (Lipinski definition) is 20. The highest BCUT2D eigenvalue weighted by molar-refractivity contribution is 5.73. The molecule has 20 nitrogen and oxygen atoms in total. The zero-order valence-electron chi connectivity index (χ0n) is 48.6. The fourth-order valence-corrected chi connectivity index (χ4v) is 11.5. The van der Waals surface area contributed by atoms with Crippen molar-refractivity contribution in [2.24, 2.45) is 17.8 Å². The number of ether oxygens (including phenoxy) is 12. The van der Waals surface area contributed by atoms with Gasteiger partial charge in [0.25, 0.3) is 0 Å². The van der Waals surface area contributed by atoms with Crippen LogP contribution in [0.2, 0.25) is 0 Å². The van der Waals surface area contributed by atoms with Crippen LogP contribution in [0, 0.1) is 17.8 Å². The Bertz CT molecular complexity index is 2010. The van der Waals surface area contributed by atoms with Crippen LogP contribution in [-0.4, -0.2) is 186 Å². The first-order valence-corrected chi connectivity index (χ1v) is 27.6. The van der Waals surface area contributed by atoms with Crippen LogP contribution < -0.4 is 0 Å². The smallest absolute Gasteiger partial charge is 0.309 e. The molecule has 0 spiro atoms. The highest BCUT2D eigenvalue weighted by Crippen LogP contribution is 2.44. The third-order valence-corrected chi connectivity index (χ3v) is 15.1. The van der Waals surface area contributed by atoms with E-state index >= 15 is 0 Å². The van der Waals surface area contributed by atoms with Crippen molar-refractivity contribution in [3.05, 3.63) is 35.9 Å². The molecular weight excluding hydrogens is 1000 g/mol. The molecule has 77 heavy (non-hydrogen) atoms. The lowest BCUT2D eigenvalue weighted by Crippen LogP contribution is -2.68. The van der Waals surface area contributed by atoms with Crippen molar-refractivity contribution < 1.29 is 85.6 Å². The maximum Gasteiger partial charge on any atom is 0.309 e. The maximum atomic E-state index is 14.2. The molecule has 20 heteroatoms. The summed E-state index contributed by atoms with van der Waals surface area (Å²) in [6, 6.07) is 9.50. The first-order chi connectivity index (χ1) is 36.5. The summed E-state index contributed by atoms with van der Waals surface area (Å²) in [5.41, 5.74) is -0.120. The standard InChI is InChI=1S/C57H92N2O18/c1-16-45(63)74-43-31-47(65)69-35(4)26-28-59(27-22-21-25-41-23-19-18-20-24-41)33-44(72-38(7)60)34(3)29-42(30-48(66-13)67-14)50(53(43)68-15)54-55(73-39(8)61)51(58(11)12)52(36(5)71-54)76-49-32-57(10,77-40(9)62)56(37(6)70-49)75-46(64)17-2/h18-20,23-24,34-37,42-44,48-56H,16-17,21-22,25-33H2,1-15H3/t34-,35-,36-,37+,42-,43-,44+,49+,50+,51+,52-,53-,54+,55-,56+,57-/m1/s1. The molecule has 4 rings (SSSR count). The molecule has 0 unspecified atom stereocenters. The Hall–Kier alpha value is -4.28. The lowest BCUT2D eigenvalue weighted by molar-refractivity contribution is -0.320. The van der Waals surface area contributed by atoms with Crippen molar-refractivity contribution in [1.29, 1.82) is 0 Å². The number of methoxy groups -OCH3 is 3. The van der Waals surface area contributed by atoms with Gasteiger partial charge in [0.05, 0.1) is 24.7 Å². The van der Waals surface area contributed by atoms with Crippen LogP contribution in [0.3, 0.4) is 0 Å². The van der Waals surface area contributed by atoms with Crippen LogP contribution in [0.5, 0.6) is 0 Å². The Balaban J connectivity index is 1.91. The van der Waals surface area contributed by atoms with Gasteiger partial charge >= 0.3 is 35.8 Å². The molecule has 1 aromatic carbocycles. The summed E-state index contributed by atoms with van der Waals surface area (Å²) >= 11 is 0. The highest BCUT2D eigenvalue weighted by atomic mass is 16.7. The number of carbonyl (C=O) groups excluding carboxylic acids is 6. The average molecular weight is 1090 g/mol. The molecule has 3 saturated heterocycles. The van der Waals surface area contributed by atoms with Crippen molar-refractivity contribution in [3.63, 3.8) is 0 Å². The van der Waals surface area contributed by atoms with Crippen LogP contribution in [0.15, 0.2) is 30.3 Å². The molecular formula is C57H92N2O18. The number of unbranched alkanes of at least 4 members (excludes halogenated alkanes) is 1. The number of aryl methyl sites for hydroxylation is 1. The van der Waals surface area contributed by atoms with Crippen molar-refractivity contribution in [3.8, 4) is 0 Å². The summed E-state index contributed by atoms with van der Waals surface area (Å²) in [5, 5.41) is 0. The van der Waals surface area contributed by atoms with E-state index in [-0.39, 0.29) is 38.0 Å². The number of likely N-dealkylation sites (N-methyl/N-ethyl adjacent to an activating group) is 1. The number of benzene rings is 1. The van der Waals surface area contributed by atoms with Crippen LogP contribution >= 0.6 is 0 Å². The van der Waals surface area contributed by atoms with E-state index in [4.69, 9.17) is 56.8 Å². The number of cyclic esters (lactones) is 1. The van der Waals surface area contributed by atoms with E-state index < -0.39 is 133 Å². The third-order valence-electron chi connectivity index (χ3n) is 15.1. The van der Waals surface area contributed by atoms with Crippen molar-refractivity contribution in [2.45, 2.75) is 219 Å². The highest BCUT2D eigenvalue weighted by Gasteiger charge is 2.58. The summed E-state index contributed by atoms with van der Waals surface area (Å²) < 4.78 is 75.5. The van der Waals surface area contributed by atoms with Crippen molar-refractivity contribution in [1.82, 2.24) is 9.80 Å². The summed E-state index contributed by atoms with van der Waals surface area (Å²) in [5.74, 6) is -5.23. The second kappa shape index (κ2) is 31.5. The topological polar surface area (TPSA) is 220 Å². The van der Waals surface area contributed by atoms with E-state index in [1.807, 2.05) is 58.0 Å². The first-order valence-electron chi connectivity index (χ1n) is 27.6. The predicted octanol–water partition coefficient (Wildman–Crippen LogP) is 6.39. The molecule has 0 N–H and O–H groups in total. The van der Waals surface area contributed by atoms with Gasteiger partial charge in [-0.25, -0.2) is 0 Å². The van der Waals surface area contributed by atoms with Crippen LogP contribution in [0.25, 0.3) is 0 Å². The Morgan fingerprint density at radius 1 is 0.792 bits per heavy atom. The maximum absolute atomic E-state index is 14.2. The summed E-state index contributed by atoms with van der Waals surface area (Å²) in [7, 11) is 8.14. The quantitative estimate of drug-likeness (QED) is 0.0564. The van der Waals surface area contributed by atoms with Gasteiger partial charge in [-0.15, -0.1) is 0 Å². The third kappa shape index (κ3) is 19.5. The van der Waals surface area contributed by atoms with Gasteiger partial charge in [0.2, 0.25) is 0 Å². The molecule has 1 aromatic rings. The molecule has 3 fully saturated rings. The molecule has 0 saturated carbocycles. The van der Waals surface area contributed by atoms with Gasteiger partial charge in [-0.1, -0.05) is 51.1 Å². The van der Waals surface area contributed by atoms with E-state index in [0.29, 0.717) is 32.5 Å². The molecule has 0 radical (unpaired) electrons. The van der Waals surface area contributed by atoms with Crippen LogP contribution in [0.4, 0.5) is 0 Å². The van der Waals surface area contributed by atoms with E-state index in [2.05, 4.69) is 17.0 Å². The largest absolute Gasteiger partial charge is 0.463 e. The molecule has 0 aromatic heterocycles. The summed E-state index contributed by atoms with van der Waals surface area (Å²) in [4.78, 5) is 83.8. The fraction of sp³-hybridized carbons (Fsp3) is 0.789. The van der Waals surface area contributed by atoms with Gasteiger partial charge in [-0.05, 0) is 97.8 Å². The second-order valence-electron chi connectivity index (χ2n) is 21.5. The van der Waals surface area contributed by atoms with Gasteiger partial charge in [0, 0.05) is 86.8 Å². The second-order valence-corrected chi connectivity index (χ2v) is 21.5. The first kappa shape index (κ1) is 65.2. The number of nitrogens with zero attached hydrogens (tertiary/aromatic N) is 2. The van der Waals surface area contributed by atoms with Gasteiger partial charge in [-0.2, -0.15) is 0 Å². The minimum Gasteiger partial charge on any atom is -0.463 e. The molecule has 3 aliphatic rings. The molecule has 16 atom stereocenters. The normalized spacial score (nSPS) is 33.0. The van der Waals surface area contributed by atoms with E-state index in [9.17, 15) is 28.8 Å². The van der Waals surface area contributed by atoms with Gasteiger partial charge in [0.15, 0.2) is 24.3 Å². The van der Waals surface area contributed by atoms with Crippen LogP contribution in [-0.2, 0) is 92.0 Å². The Morgan fingerprint density at radius 2 is 1.44 bits per heavy atom. The molecule has 0 bridgehead atoms. The Kier molecular flexibility index (Phi) is 26.7. The molecule has 3 aliphatic heterocycles. The molecule has 0 aliphatic carbocycles. The molecule has 438 valence electrons. The number of carbonyl (C=O) groups is 6. The number of rotatable bonds is 21. The number of esters is 6. The summed E-state index contributed by atoms with van der Waals surface area (Å²) in [6.45, 7) is 17.9. The minimum atomic E-state index is -1.37.